The first-order valence-electron chi connectivity index (χ1n) is 17.1. The van der Waals surface area contributed by atoms with Gasteiger partial charge in [0.25, 0.3) is 5.56 Å². The molecule has 9 atom stereocenters. The lowest BCUT2D eigenvalue weighted by Gasteiger charge is -2.47. The summed E-state index contributed by atoms with van der Waals surface area (Å²) < 4.78 is 8.49. The van der Waals surface area contributed by atoms with Crippen LogP contribution in [0.3, 0.4) is 0 Å². The van der Waals surface area contributed by atoms with Crippen LogP contribution in [0.4, 0.5) is 0 Å². The molecular formula is C33H52ClN5O4S. The molecule has 2 aliphatic carbocycles. The number of thioether (sulfide) groups is 1. The van der Waals surface area contributed by atoms with Crippen LogP contribution in [0.2, 0.25) is 0 Å². The largest absolute Gasteiger partial charge is 0.481 e. The highest BCUT2D eigenvalue weighted by molar-refractivity contribution is 8.00. The number of rotatable bonds is 9. The number of hydrogen-bond donors (Lipinski definition) is 3. The second-order valence-electron chi connectivity index (χ2n) is 14.3. The van der Waals surface area contributed by atoms with Gasteiger partial charge in [-0.05, 0) is 110 Å². The van der Waals surface area contributed by atoms with Crippen LogP contribution in [0.15, 0.2) is 4.79 Å². The molecule has 3 saturated heterocycles. The van der Waals surface area contributed by atoms with Gasteiger partial charge in [0.05, 0.1) is 30.9 Å². The summed E-state index contributed by atoms with van der Waals surface area (Å²) in [6, 6.07) is 0.646. The monoisotopic (exact) mass is 649 g/mol. The van der Waals surface area contributed by atoms with E-state index in [1.54, 1.807) is 0 Å². The fraction of sp³-hybridized carbons (Fsp3) is 0.848. The number of nitrogens with zero attached hydrogens (tertiary/aromatic N) is 3. The number of carbonyl (C=O) groups is 1. The minimum absolute atomic E-state index is 0.00653. The molecule has 3 aliphatic heterocycles. The lowest BCUT2D eigenvalue weighted by atomic mass is 9.70. The van der Waals surface area contributed by atoms with E-state index in [-0.39, 0.29) is 40.3 Å². The quantitative estimate of drug-likeness (QED) is 0.347. The third kappa shape index (κ3) is 7.05. The molecule has 1 aromatic heterocycles. The summed E-state index contributed by atoms with van der Waals surface area (Å²) in [6.07, 6.45) is 8.97. The molecule has 0 radical (unpaired) electrons. The van der Waals surface area contributed by atoms with E-state index < -0.39 is 5.97 Å². The van der Waals surface area contributed by atoms with Gasteiger partial charge in [0.15, 0.2) is 0 Å². The number of hydrogen-bond acceptors (Lipinski definition) is 8. The Kier molecular flexibility index (Phi) is 10.6. The van der Waals surface area contributed by atoms with Crippen molar-refractivity contribution in [2.75, 3.05) is 39.0 Å². The zero-order valence-corrected chi connectivity index (χ0v) is 28.3. The molecule has 11 heteroatoms. The van der Waals surface area contributed by atoms with Gasteiger partial charge in [-0.2, -0.15) is 11.8 Å². The van der Waals surface area contributed by atoms with Crippen LogP contribution in [-0.4, -0.2) is 99.4 Å². The van der Waals surface area contributed by atoms with Crippen molar-refractivity contribution in [3.8, 4) is 0 Å². The van der Waals surface area contributed by atoms with Gasteiger partial charge in [-0.1, -0.05) is 0 Å². The molecule has 4 heterocycles. The van der Waals surface area contributed by atoms with Gasteiger partial charge < -0.3 is 25.4 Å². The number of aliphatic carboxylic acids is 1. The molecule has 0 bridgehead atoms. The zero-order chi connectivity index (χ0) is 31.0. The van der Waals surface area contributed by atoms with Gasteiger partial charge in [0.1, 0.15) is 5.82 Å². The standard InChI is InChI=1S/C33H52ClN5O4S/c1-19-14-25(31-30(36-19)27(18-44-31)33(41)42)24-15-22(34)4-7-29(24)43-13-12-39-20(2)37-28-6-5-23(16-26(28)32(39)40)38(3)17-21-8-10-35-11-9-21/h19,21-25,27,29-31,35-36H,4-18H2,1-3H3,(H,41,42)/t19?,22?,23-,24?,25?,27?,29?,30?,31?/m0/s1. The second-order valence-corrected chi connectivity index (χ2v) is 16.1. The van der Waals surface area contributed by atoms with Crippen molar-refractivity contribution in [3.05, 3.63) is 27.4 Å². The summed E-state index contributed by atoms with van der Waals surface area (Å²) in [5.41, 5.74) is 1.99. The first-order valence-corrected chi connectivity index (χ1v) is 18.5. The topological polar surface area (TPSA) is 109 Å². The van der Waals surface area contributed by atoms with E-state index in [0.717, 1.165) is 87.6 Å². The lowest BCUT2D eigenvalue weighted by molar-refractivity contribution is -0.142. The molecule has 1 aromatic rings. The molecule has 4 fully saturated rings. The van der Waals surface area contributed by atoms with Crippen LogP contribution in [0.25, 0.3) is 0 Å². The molecule has 0 spiro atoms. The summed E-state index contributed by atoms with van der Waals surface area (Å²) >= 11 is 8.57. The number of carboxylic acid groups (broad SMARTS) is 1. The fourth-order valence-electron chi connectivity index (χ4n) is 8.98. The van der Waals surface area contributed by atoms with Crippen molar-refractivity contribution in [3.63, 3.8) is 0 Å². The Morgan fingerprint density at radius 1 is 1.18 bits per heavy atom. The molecule has 9 nitrogen and oxygen atoms in total. The number of aromatic nitrogens is 2. The zero-order valence-electron chi connectivity index (χ0n) is 26.7. The number of likely N-dealkylation sites (N-methyl/N-ethyl adjacent to an activating group) is 1. The van der Waals surface area contributed by atoms with Crippen LogP contribution >= 0.6 is 23.4 Å². The third-order valence-electron chi connectivity index (χ3n) is 11.4. The summed E-state index contributed by atoms with van der Waals surface area (Å²) in [6.45, 7) is 8.41. The smallest absolute Gasteiger partial charge is 0.308 e. The Morgan fingerprint density at radius 2 is 1.98 bits per heavy atom. The summed E-state index contributed by atoms with van der Waals surface area (Å²) in [7, 11) is 2.23. The molecule has 0 amide bonds. The third-order valence-corrected chi connectivity index (χ3v) is 13.4. The normalized spacial score (nSPS) is 36.2. The number of ether oxygens (including phenoxy) is 1. The predicted molar refractivity (Wildman–Crippen MR) is 176 cm³/mol. The van der Waals surface area contributed by atoms with Crippen LogP contribution in [-0.2, 0) is 28.9 Å². The highest BCUT2D eigenvalue weighted by Crippen LogP contribution is 2.48. The van der Waals surface area contributed by atoms with E-state index >= 15 is 0 Å². The maximum absolute atomic E-state index is 13.8. The van der Waals surface area contributed by atoms with E-state index in [4.69, 9.17) is 21.3 Å². The predicted octanol–water partition coefficient (Wildman–Crippen LogP) is 3.32. The fourth-order valence-corrected chi connectivity index (χ4v) is 11.1. The van der Waals surface area contributed by atoms with Gasteiger partial charge in [0, 0.05) is 46.6 Å². The lowest BCUT2D eigenvalue weighted by Crippen LogP contribution is -2.57. The summed E-state index contributed by atoms with van der Waals surface area (Å²) in [4.78, 5) is 33.2. The van der Waals surface area contributed by atoms with Crippen LogP contribution in [0.5, 0.6) is 0 Å². The van der Waals surface area contributed by atoms with Crippen molar-refractivity contribution >= 4 is 29.3 Å². The SMILES string of the molecule is Cc1nc2c(c(=O)n1CCOC1CCC(Cl)CC1C1CC(C)NC3C(C(=O)O)CSC13)C[C@@H](N(C)CC1CCNCC1)CC2. The molecule has 44 heavy (non-hydrogen) atoms. The average molecular weight is 650 g/mol. The summed E-state index contributed by atoms with van der Waals surface area (Å²) in [5.74, 6) is 1.78. The maximum Gasteiger partial charge on any atom is 0.308 e. The first-order chi connectivity index (χ1) is 21.2. The number of aryl methyl sites for hydroxylation is 2. The van der Waals surface area contributed by atoms with Gasteiger partial charge in [-0.25, -0.2) is 4.98 Å². The Bertz CT molecular complexity index is 1230. The number of halogens is 1. The molecule has 1 saturated carbocycles. The molecule has 3 N–H and O–H groups in total. The Morgan fingerprint density at radius 3 is 2.75 bits per heavy atom. The minimum Gasteiger partial charge on any atom is -0.481 e. The highest BCUT2D eigenvalue weighted by Gasteiger charge is 2.51. The average Bonchev–Trinajstić information content (AvgIpc) is 3.43. The maximum atomic E-state index is 13.8. The molecular weight excluding hydrogens is 598 g/mol. The Balaban J connectivity index is 1.11. The van der Waals surface area contributed by atoms with Crippen molar-refractivity contribution < 1.29 is 14.6 Å². The van der Waals surface area contributed by atoms with Crippen LogP contribution in [0.1, 0.15) is 69.0 Å². The van der Waals surface area contributed by atoms with Crippen LogP contribution in [0, 0.1) is 30.6 Å². The molecule has 246 valence electrons. The number of piperidine rings is 2. The van der Waals surface area contributed by atoms with Crippen molar-refractivity contribution in [1.82, 2.24) is 25.1 Å². The van der Waals surface area contributed by atoms with E-state index in [1.807, 2.05) is 23.3 Å². The van der Waals surface area contributed by atoms with Gasteiger partial charge in [0.2, 0.25) is 0 Å². The van der Waals surface area contributed by atoms with E-state index in [2.05, 4.69) is 29.5 Å². The number of fused-ring (bicyclic) bond motifs is 2. The summed E-state index contributed by atoms with van der Waals surface area (Å²) in [5, 5.41) is 17.3. The van der Waals surface area contributed by atoms with Crippen LogP contribution < -0.4 is 16.2 Å². The van der Waals surface area contributed by atoms with E-state index in [0.29, 0.717) is 36.8 Å². The van der Waals surface area contributed by atoms with Gasteiger partial charge in [-0.3, -0.25) is 14.2 Å². The Labute approximate surface area is 271 Å². The van der Waals surface area contributed by atoms with Crippen molar-refractivity contribution in [1.29, 1.82) is 0 Å². The van der Waals surface area contributed by atoms with Crippen molar-refractivity contribution in [2.45, 2.75) is 113 Å². The number of carboxylic acids is 1. The highest BCUT2D eigenvalue weighted by atomic mass is 35.5. The van der Waals surface area contributed by atoms with E-state index in [1.165, 1.54) is 12.8 Å². The molecule has 0 aromatic carbocycles. The first kappa shape index (κ1) is 32.8. The van der Waals surface area contributed by atoms with Crippen molar-refractivity contribution in [2.24, 2.45) is 23.7 Å². The molecule has 8 unspecified atom stereocenters. The molecule has 5 aliphatic rings. The second kappa shape index (κ2) is 14.3. The minimum atomic E-state index is -0.698. The van der Waals surface area contributed by atoms with E-state index in [9.17, 15) is 14.7 Å². The number of alkyl halides is 1. The Hall–Kier alpha value is -1.17. The number of nitrogens with one attached hydrogen (secondary N) is 2. The van der Waals surface area contributed by atoms with Gasteiger partial charge >= 0.3 is 5.97 Å². The molecule has 6 rings (SSSR count). The van der Waals surface area contributed by atoms with Gasteiger partial charge in [-0.15, -0.1) is 11.6 Å².